The van der Waals surface area contributed by atoms with Gasteiger partial charge in [-0.25, -0.2) is 0 Å². The van der Waals surface area contributed by atoms with Crippen molar-refractivity contribution in [2.45, 2.75) is 38.3 Å². The molecule has 88 valence electrons. The summed E-state index contributed by atoms with van der Waals surface area (Å²) in [5, 5.41) is 8.43. The maximum Gasteiger partial charge on any atom is 0.151 e. The molecule has 1 aliphatic rings. The number of aromatic nitrogens is 2. The third kappa shape index (κ3) is 2.44. The number of anilines is 1. The molecule has 4 nitrogen and oxygen atoms in total. The summed E-state index contributed by atoms with van der Waals surface area (Å²) in [6.45, 7) is 3.05. The average Bonchev–Trinajstić information content (AvgIpc) is 2.30. The lowest BCUT2D eigenvalue weighted by Crippen LogP contribution is -2.49. The van der Waals surface area contributed by atoms with E-state index in [1.165, 1.54) is 12.8 Å². The number of nitrogens with two attached hydrogens (primary N) is 1. The number of piperidine rings is 1. The van der Waals surface area contributed by atoms with E-state index in [4.69, 9.17) is 17.3 Å². The van der Waals surface area contributed by atoms with Gasteiger partial charge in [0.25, 0.3) is 0 Å². The fraction of sp³-hybridized carbons (Fsp3) is 0.636. The van der Waals surface area contributed by atoms with Crippen molar-refractivity contribution in [2.75, 3.05) is 11.4 Å². The standard InChI is InChI=1S/C11H17ClN4/c1-8(13)9-4-2-3-7-16(9)11-6-5-10(12)14-15-11/h5-6,8-9H,2-4,7,13H2,1H3. The predicted molar refractivity (Wildman–Crippen MR) is 65.7 cm³/mol. The third-order valence-corrected chi connectivity index (χ3v) is 3.27. The van der Waals surface area contributed by atoms with E-state index in [0.717, 1.165) is 18.8 Å². The molecule has 2 rings (SSSR count). The molecule has 0 aromatic carbocycles. The molecule has 0 aliphatic carbocycles. The van der Waals surface area contributed by atoms with E-state index in [1.807, 2.05) is 13.0 Å². The highest BCUT2D eigenvalue weighted by Crippen LogP contribution is 2.24. The third-order valence-electron chi connectivity index (χ3n) is 3.07. The molecule has 1 saturated heterocycles. The molecule has 1 aromatic heterocycles. The quantitative estimate of drug-likeness (QED) is 0.857. The van der Waals surface area contributed by atoms with Crippen LogP contribution in [0.4, 0.5) is 5.82 Å². The summed E-state index contributed by atoms with van der Waals surface area (Å²) in [6.07, 6.45) is 3.55. The van der Waals surface area contributed by atoms with Crippen LogP contribution in [0.3, 0.4) is 0 Å². The molecule has 2 heterocycles. The van der Waals surface area contributed by atoms with Gasteiger partial charge in [-0.3, -0.25) is 0 Å². The summed E-state index contributed by atoms with van der Waals surface area (Å²) in [7, 11) is 0. The van der Waals surface area contributed by atoms with Crippen LogP contribution < -0.4 is 10.6 Å². The zero-order valence-electron chi connectivity index (χ0n) is 9.43. The summed E-state index contributed by atoms with van der Waals surface area (Å²) in [5.41, 5.74) is 6.01. The fourth-order valence-electron chi connectivity index (χ4n) is 2.25. The van der Waals surface area contributed by atoms with Crippen LogP contribution in [0.25, 0.3) is 0 Å². The zero-order valence-corrected chi connectivity index (χ0v) is 10.2. The van der Waals surface area contributed by atoms with Gasteiger partial charge in [0.2, 0.25) is 0 Å². The second kappa shape index (κ2) is 4.97. The Hall–Kier alpha value is -0.870. The number of nitrogens with zero attached hydrogens (tertiary/aromatic N) is 3. The van der Waals surface area contributed by atoms with Crippen LogP contribution in [0.1, 0.15) is 26.2 Å². The minimum Gasteiger partial charge on any atom is -0.351 e. The first-order valence-corrected chi connectivity index (χ1v) is 6.08. The molecular formula is C11H17ClN4. The van der Waals surface area contributed by atoms with Gasteiger partial charge in [-0.05, 0) is 38.3 Å². The molecule has 2 atom stereocenters. The van der Waals surface area contributed by atoms with Crippen LogP contribution in [0.15, 0.2) is 12.1 Å². The number of rotatable bonds is 2. The smallest absolute Gasteiger partial charge is 0.151 e. The predicted octanol–water partition coefficient (Wildman–Crippen LogP) is 1.84. The van der Waals surface area contributed by atoms with Crippen molar-refractivity contribution in [3.63, 3.8) is 0 Å². The molecule has 1 aliphatic heterocycles. The molecule has 2 N–H and O–H groups in total. The molecule has 1 aromatic rings. The Morgan fingerprint density at radius 2 is 2.25 bits per heavy atom. The summed E-state index contributed by atoms with van der Waals surface area (Å²) in [5.74, 6) is 0.881. The van der Waals surface area contributed by atoms with Gasteiger partial charge in [-0.2, -0.15) is 0 Å². The lowest BCUT2D eigenvalue weighted by molar-refractivity contribution is 0.410. The topological polar surface area (TPSA) is 55.0 Å². The summed E-state index contributed by atoms with van der Waals surface area (Å²) in [6, 6.07) is 4.20. The first kappa shape index (κ1) is 11.6. The Bertz CT molecular complexity index is 338. The maximum atomic E-state index is 6.01. The molecule has 1 fully saturated rings. The molecule has 0 radical (unpaired) electrons. The second-order valence-corrected chi connectivity index (χ2v) is 4.72. The summed E-state index contributed by atoms with van der Waals surface area (Å²) < 4.78 is 0. The Morgan fingerprint density at radius 3 is 2.88 bits per heavy atom. The van der Waals surface area contributed by atoms with E-state index in [9.17, 15) is 0 Å². The molecular weight excluding hydrogens is 224 g/mol. The average molecular weight is 241 g/mol. The molecule has 16 heavy (non-hydrogen) atoms. The highest BCUT2D eigenvalue weighted by atomic mass is 35.5. The number of hydrogen-bond donors (Lipinski definition) is 1. The Morgan fingerprint density at radius 1 is 1.44 bits per heavy atom. The zero-order chi connectivity index (χ0) is 11.5. The normalized spacial score (nSPS) is 23.2. The molecule has 0 bridgehead atoms. The van der Waals surface area contributed by atoms with Gasteiger partial charge >= 0.3 is 0 Å². The Kier molecular flexibility index (Phi) is 3.61. The summed E-state index contributed by atoms with van der Waals surface area (Å²) >= 11 is 5.73. The van der Waals surface area contributed by atoms with Crippen LogP contribution in [-0.2, 0) is 0 Å². The fourth-order valence-corrected chi connectivity index (χ4v) is 2.35. The lowest BCUT2D eigenvalue weighted by atomic mass is 9.97. The minimum atomic E-state index is 0.151. The SMILES string of the molecule is CC(N)C1CCCCN1c1ccc(Cl)nn1. The summed E-state index contributed by atoms with van der Waals surface area (Å²) in [4.78, 5) is 2.25. The first-order valence-electron chi connectivity index (χ1n) is 5.70. The highest BCUT2D eigenvalue weighted by Gasteiger charge is 2.26. The first-order chi connectivity index (χ1) is 7.68. The molecule has 0 spiro atoms. The maximum absolute atomic E-state index is 6.01. The van der Waals surface area contributed by atoms with Crippen molar-refractivity contribution in [3.05, 3.63) is 17.3 Å². The van der Waals surface area contributed by atoms with Crippen molar-refractivity contribution in [1.82, 2.24) is 10.2 Å². The Balaban J connectivity index is 2.19. The highest BCUT2D eigenvalue weighted by molar-refractivity contribution is 6.29. The van der Waals surface area contributed by atoms with Gasteiger partial charge in [-0.15, -0.1) is 10.2 Å². The lowest BCUT2D eigenvalue weighted by Gasteiger charge is -2.38. The van der Waals surface area contributed by atoms with Crippen LogP contribution in [0.2, 0.25) is 5.15 Å². The number of hydrogen-bond acceptors (Lipinski definition) is 4. The van der Waals surface area contributed by atoms with Gasteiger partial charge in [0.15, 0.2) is 11.0 Å². The van der Waals surface area contributed by atoms with E-state index in [1.54, 1.807) is 6.07 Å². The van der Waals surface area contributed by atoms with Crippen LogP contribution in [0.5, 0.6) is 0 Å². The van der Waals surface area contributed by atoms with Gasteiger partial charge in [-0.1, -0.05) is 11.6 Å². The molecule has 0 amide bonds. The largest absolute Gasteiger partial charge is 0.351 e. The van der Waals surface area contributed by atoms with Gasteiger partial charge in [0, 0.05) is 18.6 Å². The van der Waals surface area contributed by atoms with E-state index < -0.39 is 0 Å². The van der Waals surface area contributed by atoms with Gasteiger partial charge in [0.05, 0.1) is 0 Å². The van der Waals surface area contributed by atoms with Crippen LogP contribution >= 0.6 is 11.6 Å². The Labute approximate surface area is 101 Å². The van der Waals surface area contributed by atoms with Crippen molar-refractivity contribution >= 4 is 17.4 Å². The van der Waals surface area contributed by atoms with Crippen LogP contribution in [0, 0.1) is 0 Å². The molecule has 5 heteroatoms. The van der Waals surface area contributed by atoms with E-state index >= 15 is 0 Å². The van der Waals surface area contributed by atoms with Gasteiger partial charge in [0.1, 0.15) is 0 Å². The van der Waals surface area contributed by atoms with Crippen molar-refractivity contribution < 1.29 is 0 Å². The van der Waals surface area contributed by atoms with E-state index in [-0.39, 0.29) is 6.04 Å². The molecule has 2 unspecified atom stereocenters. The van der Waals surface area contributed by atoms with Crippen molar-refractivity contribution in [3.8, 4) is 0 Å². The van der Waals surface area contributed by atoms with Gasteiger partial charge < -0.3 is 10.6 Å². The van der Waals surface area contributed by atoms with E-state index in [2.05, 4.69) is 15.1 Å². The van der Waals surface area contributed by atoms with E-state index in [0.29, 0.717) is 11.2 Å². The number of halogens is 1. The second-order valence-electron chi connectivity index (χ2n) is 4.33. The monoisotopic (exact) mass is 240 g/mol. The van der Waals surface area contributed by atoms with Crippen LogP contribution in [-0.4, -0.2) is 28.8 Å². The molecule has 0 saturated carbocycles. The minimum absolute atomic E-state index is 0.151. The van der Waals surface area contributed by atoms with Crippen molar-refractivity contribution in [2.24, 2.45) is 5.73 Å². The van der Waals surface area contributed by atoms with Crippen molar-refractivity contribution in [1.29, 1.82) is 0 Å².